The lowest BCUT2D eigenvalue weighted by Crippen LogP contribution is -2.53. The summed E-state index contributed by atoms with van der Waals surface area (Å²) in [6.45, 7) is 1.98. The number of morpholine rings is 2. The number of rotatable bonds is 11. The van der Waals surface area contributed by atoms with Crippen molar-refractivity contribution in [3.63, 3.8) is 0 Å². The molecule has 1 N–H and O–H groups in total. The average Bonchev–Trinajstić information content (AvgIpc) is 3.19. The third kappa shape index (κ3) is 8.89. The van der Waals surface area contributed by atoms with Crippen molar-refractivity contribution in [3.05, 3.63) is 107 Å². The molecule has 0 radical (unpaired) electrons. The molecule has 3 heterocycles. The molecule has 0 bridgehead atoms. The van der Waals surface area contributed by atoms with E-state index >= 15 is 4.39 Å². The number of carbonyl (C=O) groups is 2. The molecule has 2 saturated heterocycles. The summed E-state index contributed by atoms with van der Waals surface area (Å²) in [7, 11) is 5.25. The van der Waals surface area contributed by atoms with Crippen LogP contribution in [-0.4, -0.2) is 112 Å². The number of esters is 1. The third-order valence-electron chi connectivity index (χ3n) is 10.5. The number of pyridine rings is 1. The van der Waals surface area contributed by atoms with E-state index in [2.05, 4.69) is 28.4 Å². The lowest BCUT2D eigenvalue weighted by atomic mass is 9.93. The number of fused-ring (bicyclic) bond motifs is 2. The van der Waals surface area contributed by atoms with Crippen molar-refractivity contribution in [2.45, 2.75) is 37.8 Å². The number of amides is 1. The van der Waals surface area contributed by atoms with Gasteiger partial charge in [-0.2, -0.15) is 13.2 Å². The maximum absolute atomic E-state index is 16.3. The van der Waals surface area contributed by atoms with Gasteiger partial charge < -0.3 is 29.3 Å². The van der Waals surface area contributed by atoms with Gasteiger partial charge in [0.2, 0.25) is 0 Å². The minimum absolute atomic E-state index is 0.00953. The van der Waals surface area contributed by atoms with E-state index in [4.69, 9.17) is 19.2 Å². The molecule has 0 spiro atoms. The summed E-state index contributed by atoms with van der Waals surface area (Å²) in [6, 6.07) is 19.0. The Morgan fingerprint density at radius 2 is 1.68 bits per heavy atom. The molecule has 0 saturated carbocycles. The van der Waals surface area contributed by atoms with Gasteiger partial charge in [-0.15, -0.1) is 0 Å². The Hall–Kier alpha value is -5.15. The first-order chi connectivity index (χ1) is 27.4. The minimum atomic E-state index is -4.63. The molecule has 5 aromatic rings. The molecule has 2 atom stereocenters. The second-order valence-corrected chi connectivity index (χ2v) is 14.7. The summed E-state index contributed by atoms with van der Waals surface area (Å²) in [5, 5.41) is 6.47. The zero-order valence-electron chi connectivity index (χ0n) is 32.1. The molecule has 300 valence electrons. The van der Waals surface area contributed by atoms with Crippen LogP contribution in [0.1, 0.15) is 27.0 Å². The van der Waals surface area contributed by atoms with E-state index in [0.29, 0.717) is 26.3 Å². The summed E-state index contributed by atoms with van der Waals surface area (Å²) >= 11 is 0. The van der Waals surface area contributed by atoms with Crippen LogP contribution in [-0.2, 0) is 38.5 Å². The number of anilines is 1. The van der Waals surface area contributed by atoms with Gasteiger partial charge in [0.1, 0.15) is 17.9 Å². The number of benzene rings is 4. The van der Waals surface area contributed by atoms with E-state index in [1.54, 1.807) is 6.20 Å². The second-order valence-electron chi connectivity index (χ2n) is 14.7. The first-order valence-electron chi connectivity index (χ1n) is 18.9. The van der Waals surface area contributed by atoms with Crippen LogP contribution in [0.2, 0.25) is 0 Å². The van der Waals surface area contributed by atoms with Crippen molar-refractivity contribution in [1.29, 1.82) is 0 Å². The lowest BCUT2D eigenvalue weighted by Gasteiger charge is -2.38. The molecule has 0 unspecified atom stereocenters. The number of ether oxygens (including phenoxy) is 3. The molecule has 4 aromatic carbocycles. The molecular weight excluding hydrogens is 742 g/mol. The minimum Gasteiger partial charge on any atom is -0.467 e. The number of hydrogen-bond donors (Lipinski definition) is 1. The zero-order valence-corrected chi connectivity index (χ0v) is 32.1. The Bertz CT molecular complexity index is 2260. The van der Waals surface area contributed by atoms with E-state index in [0.717, 1.165) is 55.9 Å². The monoisotopic (exact) mass is 787 g/mol. The van der Waals surface area contributed by atoms with Crippen molar-refractivity contribution >= 4 is 39.1 Å². The van der Waals surface area contributed by atoms with Gasteiger partial charge in [-0.05, 0) is 71.2 Å². The van der Waals surface area contributed by atoms with E-state index in [1.165, 1.54) is 18.7 Å². The van der Waals surface area contributed by atoms with Crippen LogP contribution in [0.15, 0.2) is 79.0 Å². The van der Waals surface area contributed by atoms with Gasteiger partial charge >= 0.3 is 12.1 Å². The zero-order chi connectivity index (χ0) is 40.3. The lowest BCUT2D eigenvalue weighted by molar-refractivity contribution is -0.167. The van der Waals surface area contributed by atoms with Crippen molar-refractivity contribution in [3.8, 4) is 11.3 Å². The largest absolute Gasteiger partial charge is 0.467 e. The van der Waals surface area contributed by atoms with Crippen LogP contribution in [0, 0.1) is 5.82 Å². The molecule has 10 nitrogen and oxygen atoms in total. The Morgan fingerprint density at radius 3 is 2.44 bits per heavy atom. The summed E-state index contributed by atoms with van der Waals surface area (Å²) in [5.41, 5.74) is 3.42. The predicted octanol–water partition coefficient (Wildman–Crippen LogP) is 6.37. The summed E-state index contributed by atoms with van der Waals surface area (Å²) in [4.78, 5) is 37.4. The number of nitrogens with zero attached hydrogens (tertiary/aromatic N) is 4. The number of carbonyl (C=O) groups excluding carboxylic acids is 2. The molecule has 0 aliphatic carbocycles. The fourth-order valence-corrected chi connectivity index (χ4v) is 7.83. The molecule has 2 aliphatic heterocycles. The van der Waals surface area contributed by atoms with Gasteiger partial charge in [0, 0.05) is 62.0 Å². The molecule has 7 rings (SSSR count). The third-order valence-corrected chi connectivity index (χ3v) is 10.5. The fourth-order valence-electron chi connectivity index (χ4n) is 7.83. The summed E-state index contributed by atoms with van der Waals surface area (Å²) < 4.78 is 74.2. The van der Waals surface area contributed by atoms with Crippen LogP contribution in [0.25, 0.3) is 32.8 Å². The van der Waals surface area contributed by atoms with E-state index < -0.39 is 42.6 Å². The smallest absolute Gasteiger partial charge is 0.411 e. The van der Waals surface area contributed by atoms with Crippen LogP contribution < -0.4 is 10.2 Å². The van der Waals surface area contributed by atoms with Gasteiger partial charge in [-0.25, -0.2) is 9.18 Å². The number of hydrogen-bond acceptors (Lipinski definition) is 9. The summed E-state index contributed by atoms with van der Waals surface area (Å²) in [6.07, 6.45) is -2.83. The van der Waals surface area contributed by atoms with Crippen LogP contribution >= 0.6 is 0 Å². The molecule has 2 fully saturated rings. The van der Waals surface area contributed by atoms with Crippen molar-refractivity contribution in [1.82, 2.24) is 20.1 Å². The first-order valence-corrected chi connectivity index (χ1v) is 18.9. The number of alkyl halides is 3. The normalized spacial score (nSPS) is 17.3. The SMILES string of the molecule is COC(=O)[C@H](Cc1cccc2c(-c3nccc4cc(CN(C)C)ccc34)cccc12)NC(=O)c1c(F)cc(N2CCOC[C@@H]2C(F)(F)F)cc1CN1CCOCC1. The van der Waals surface area contributed by atoms with Crippen molar-refractivity contribution in [2.75, 3.05) is 72.2 Å². The number of halogens is 4. The highest BCUT2D eigenvalue weighted by Crippen LogP contribution is 2.36. The standard InChI is InChI=1S/C43H45F4N5O5/c1-50(2)24-27-10-11-33-29(20-27)12-13-48-40(33)35-9-5-7-32-28(6-4-8-34(32)35)22-37(42(54)55-3)49-41(53)39-30(25-51-14-17-56-18-15-51)21-31(23-36(39)44)52-16-19-57-26-38(52)43(45,46)47/h4-13,20-21,23,37-38H,14-19,22,24-26H2,1-3H3,(H,49,53)/t37-,38+/m0/s1. The van der Waals surface area contributed by atoms with E-state index in [1.807, 2.05) is 61.5 Å². The van der Waals surface area contributed by atoms with Gasteiger partial charge in [0.15, 0.2) is 0 Å². The Morgan fingerprint density at radius 1 is 0.930 bits per heavy atom. The van der Waals surface area contributed by atoms with Gasteiger partial charge in [-0.1, -0.05) is 48.5 Å². The highest BCUT2D eigenvalue weighted by atomic mass is 19.4. The Kier molecular flexibility index (Phi) is 12.1. The molecule has 1 aromatic heterocycles. The average molecular weight is 788 g/mol. The van der Waals surface area contributed by atoms with Crippen molar-refractivity contribution < 1.29 is 41.4 Å². The number of aromatic nitrogens is 1. The maximum Gasteiger partial charge on any atom is 0.411 e. The number of nitrogens with one attached hydrogen (secondary N) is 1. The van der Waals surface area contributed by atoms with Gasteiger partial charge in [0.05, 0.1) is 44.8 Å². The van der Waals surface area contributed by atoms with Crippen LogP contribution in [0.4, 0.5) is 23.2 Å². The van der Waals surface area contributed by atoms with Crippen LogP contribution in [0.5, 0.6) is 0 Å². The molecule has 57 heavy (non-hydrogen) atoms. The van der Waals surface area contributed by atoms with Gasteiger partial charge in [0.25, 0.3) is 5.91 Å². The predicted molar refractivity (Wildman–Crippen MR) is 210 cm³/mol. The Labute approximate surface area is 328 Å². The second kappa shape index (κ2) is 17.1. The molecule has 2 aliphatic rings. The van der Waals surface area contributed by atoms with E-state index in [9.17, 15) is 22.8 Å². The fraction of sp³-hybridized carbons (Fsp3) is 0.372. The van der Waals surface area contributed by atoms with Gasteiger partial charge in [-0.3, -0.25) is 14.7 Å². The first kappa shape index (κ1) is 40.1. The summed E-state index contributed by atoms with van der Waals surface area (Å²) in [5.74, 6) is -2.63. The highest BCUT2D eigenvalue weighted by molar-refractivity contribution is 6.05. The van der Waals surface area contributed by atoms with E-state index in [-0.39, 0.29) is 42.9 Å². The van der Waals surface area contributed by atoms with Crippen molar-refractivity contribution in [2.24, 2.45) is 0 Å². The molecular formula is C43H45F4N5O5. The van der Waals surface area contributed by atoms with Crippen LogP contribution in [0.3, 0.4) is 0 Å². The highest BCUT2D eigenvalue weighted by Gasteiger charge is 2.46. The maximum atomic E-state index is 16.3. The quantitative estimate of drug-likeness (QED) is 0.121. The number of methoxy groups -OCH3 is 1. The molecule has 14 heteroatoms. The molecule has 1 amide bonds. The topological polar surface area (TPSA) is 96.5 Å². The Balaban J connectivity index is 1.22.